The van der Waals surface area contributed by atoms with E-state index in [9.17, 15) is 9.50 Å². The normalized spacial score (nSPS) is 25.7. The van der Waals surface area contributed by atoms with Crippen LogP contribution in [0.3, 0.4) is 0 Å². The topological polar surface area (TPSA) is 101 Å². The van der Waals surface area contributed by atoms with Gasteiger partial charge in [-0.3, -0.25) is 0 Å². The number of anilines is 4. The smallest absolute Gasteiger partial charge is 0.227 e. The summed E-state index contributed by atoms with van der Waals surface area (Å²) < 4.78 is 14.7. The minimum absolute atomic E-state index is 0.0382. The second-order valence-electron chi connectivity index (χ2n) is 10.8. The third-order valence-corrected chi connectivity index (χ3v) is 7.85. The molecule has 2 saturated heterocycles. The maximum atomic E-state index is 14.7. The van der Waals surface area contributed by atoms with Gasteiger partial charge < -0.3 is 20.2 Å². The first-order valence-electron chi connectivity index (χ1n) is 13.0. The van der Waals surface area contributed by atoms with Crippen LogP contribution in [0.5, 0.6) is 0 Å². The molecule has 3 aromatic rings. The number of fused-ring (bicyclic) bond motifs is 1. The fraction of sp³-hybridized carbons (Fsp3) is 0.500. The van der Waals surface area contributed by atoms with Crippen molar-refractivity contribution >= 4 is 34.0 Å². The van der Waals surface area contributed by atoms with Gasteiger partial charge in [0.15, 0.2) is 5.67 Å². The number of nitrogens with one attached hydrogen (secondary N) is 1. The van der Waals surface area contributed by atoms with Gasteiger partial charge in [0, 0.05) is 54.9 Å². The molecule has 9 heteroatoms. The maximum absolute atomic E-state index is 14.7. The molecule has 4 heterocycles. The van der Waals surface area contributed by atoms with Gasteiger partial charge in [0.2, 0.25) is 5.95 Å². The number of hydrogen-bond acceptors (Lipinski definition) is 8. The first kappa shape index (κ1) is 25.2. The van der Waals surface area contributed by atoms with E-state index in [4.69, 9.17) is 10.2 Å². The Morgan fingerprint density at radius 1 is 1.24 bits per heavy atom. The van der Waals surface area contributed by atoms with E-state index in [2.05, 4.69) is 65.2 Å². The van der Waals surface area contributed by atoms with Gasteiger partial charge in [0.1, 0.15) is 11.6 Å². The van der Waals surface area contributed by atoms with Crippen molar-refractivity contribution in [3.63, 3.8) is 0 Å². The average Bonchev–Trinajstić information content (AvgIpc) is 2.87. The van der Waals surface area contributed by atoms with Crippen LogP contribution in [0.4, 0.5) is 27.7 Å². The Labute approximate surface area is 217 Å². The van der Waals surface area contributed by atoms with E-state index in [1.54, 1.807) is 17.2 Å². The van der Waals surface area contributed by atoms with Gasteiger partial charge in [0.05, 0.1) is 18.7 Å². The van der Waals surface area contributed by atoms with Crippen molar-refractivity contribution in [1.29, 1.82) is 5.26 Å². The molecule has 0 unspecified atom stereocenters. The molecule has 2 fully saturated rings. The Bertz CT molecular complexity index is 1340. The van der Waals surface area contributed by atoms with Crippen LogP contribution >= 0.6 is 0 Å². The molecule has 5 rings (SSSR count). The molecule has 0 spiro atoms. The lowest BCUT2D eigenvalue weighted by molar-refractivity contribution is -0.00860. The number of halogens is 1. The molecule has 0 saturated carbocycles. The zero-order valence-electron chi connectivity index (χ0n) is 21.8. The molecular formula is C28H34FN7O. The Morgan fingerprint density at radius 3 is 2.76 bits per heavy atom. The number of alkyl halides is 1. The Kier molecular flexibility index (Phi) is 6.63. The van der Waals surface area contributed by atoms with Crippen LogP contribution in [-0.2, 0) is 0 Å². The second kappa shape index (κ2) is 9.75. The van der Waals surface area contributed by atoms with Crippen LogP contribution in [0.25, 0.3) is 10.8 Å². The highest BCUT2D eigenvalue weighted by Gasteiger charge is 2.40. The molecule has 1 aromatic carbocycles. The molecular weight excluding hydrogens is 469 g/mol. The van der Waals surface area contributed by atoms with Crippen LogP contribution < -0.4 is 15.1 Å². The van der Waals surface area contributed by atoms with E-state index in [-0.39, 0.29) is 6.54 Å². The molecule has 2 aliphatic heterocycles. The zero-order valence-corrected chi connectivity index (χ0v) is 21.8. The molecule has 4 atom stereocenters. The van der Waals surface area contributed by atoms with Gasteiger partial charge in [-0.1, -0.05) is 19.9 Å². The number of rotatable bonds is 6. The van der Waals surface area contributed by atoms with Crippen LogP contribution in [0, 0.1) is 17.2 Å². The summed E-state index contributed by atoms with van der Waals surface area (Å²) >= 11 is 0. The van der Waals surface area contributed by atoms with Crippen molar-refractivity contribution in [2.45, 2.75) is 64.3 Å². The monoisotopic (exact) mass is 503 g/mol. The highest BCUT2D eigenvalue weighted by molar-refractivity contribution is 5.98. The average molecular weight is 504 g/mol. The first-order chi connectivity index (χ1) is 17.7. The molecule has 0 radical (unpaired) electrons. The van der Waals surface area contributed by atoms with E-state index in [0.29, 0.717) is 54.8 Å². The second-order valence-corrected chi connectivity index (χ2v) is 10.8. The SMILES string of the molecule is CC(C)c1ccc(N2C[C@H](CC#N)[C@H]2C)c2cnc(Nc3ccnc(N4CC[C@@H](O)[C@@](C)(F)C4)n3)cc12. The maximum Gasteiger partial charge on any atom is 0.227 e. The summed E-state index contributed by atoms with van der Waals surface area (Å²) in [5.74, 6) is 2.39. The van der Waals surface area contributed by atoms with E-state index >= 15 is 0 Å². The third-order valence-electron chi connectivity index (χ3n) is 7.85. The van der Waals surface area contributed by atoms with Crippen molar-refractivity contribution in [2.24, 2.45) is 5.92 Å². The van der Waals surface area contributed by atoms with Crippen LogP contribution in [-0.4, -0.2) is 57.5 Å². The van der Waals surface area contributed by atoms with Gasteiger partial charge in [0.25, 0.3) is 0 Å². The van der Waals surface area contributed by atoms with Gasteiger partial charge in [-0.15, -0.1) is 0 Å². The number of benzene rings is 1. The fourth-order valence-corrected chi connectivity index (χ4v) is 5.44. The molecule has 0 aliphatic carbocycles. The summed E-state index contributed by atoms with van der Waals surface area (Å²) in [6.07, 6.45) is 3.48. The van der Waals surface area contributed by atoms with Crippen LogP contribution in [0.2, 0.25) is 0 Å². The molecule has 8 nitrogen and oxygen atoms in total. The van der Waals surface area contributed by atoms with Crippen LogP contribution in [0.15, 0.2) is 36.7 Å². The molecule has 2 aliphatic rings. The number of hydrogen-bond donors (Lipinski definition) is 2. The summed E-state index contributed by atoms with van der Waals surface area (Å²) in [6, 6.07) is 10.8. The molecule has 2 aromatic heterocycles. The molecule has 2 N–H and O–H groups in total. The lowest BCUT2D eigenvalue weighted by atomic mass is 9.85. The number of aliphatic hydroxyl groups is 1. The molecule has 37 heavy (non-hydrogen) atoms. The van der Waals surface area contributed by atoms with Crippen molar-refractivity contribution in [3.8, 4) is 6.07 Å². The number of pyridine rings is 1. The molecule has 0 amide bonds. The summed E-state index contributed by atoms with van der Waals surface area (Å²) in [5.41, 5.74) is 0.674. The quantitative estimate of drug-likeness (QED) is 0.488. The predicted molar refractivity (Wildman–Crippen MR) is 144 cm³/mol. The van der Waals surface area contributed by atoms with Crippen molar-refractivity contribution in [1.82, 2.24) is 15.0 Å². The first-order valence-corrected chi connectivity index (χ1v) is 13.0. The predicted octanol–water partition coefficient (Wildman–Crippen LogP) is 4.93. The summed E-state index contributed by atoms with van der Waals surface area (Å²) in [7, 11) is 0. The lowest BCUT2D eigenvalue weighted by Crippen LogP contribution is -2.54. The van der Waals surface area contributed by atoms with Gasteiger partial charge in [-0.2, -0.15) is 10.2 Å². The molecule has 0 bridgehead atoms. The summed E-state index contributed by atoms with van der Waals surface area (Å²) in [5, 5.41) is 24.6. The Morgan fingerprint density at radius 2 is 2.05 bits per heavy atom. The van der Waals surface area contributed by atoms with Crippen molar-refractivity contribution in [2.75, 3.05) is 34.8 Å². The Hall–Kier alpha value is -3.51. The zero-order chi connectivity index (χ0) is 26.3. The largest absolute Gasteiger partial charge is 0.390 e. The highest BCUT2D eigenvalue weighted by Crippen LogP contribution is 2.40. The summed E-state index contributed by atoms with van der Waals surface area (Å²) in [6.45, 7) is 9.36. The number of aromatic nitrogens is 3. The number of piperidine rings is 1. The van der Waals surface area contributed by atoms with E-state index in [1.807, 2.05) is 6.20 Å². The fourth-order valence-electron chi connectivity index (χ4n) is 5.44. The van der Waals surface area contributed by atoms with Gasteiger partial charge in [-0.05, 0) is 55.3 Å². The minimum atomic E-state index is -1.71. The highest BCUT2D eigenvalue weighted by atomic mass is 19.1. The van der Waals surface area contributed by atoms with E-state index < -0.39 is 11.8 Å². The molecule has 194 valence electrons. The minimum Gasteiger partial charge on any atom is -0.390 e. The Balaban J connectivity index is 1.42. The van der Waals surface area contributed by atoms with E-state index in [1.165, 1.54) is 12.5 Å². The third kappa shape index (κ3) is 4.78. The lowest BCUT2D eigenvalue weighted by Gasteiger charge is -2.48. The summed E-state index contributed by atoms with van der Waals surface area (Å²) in [4.78, 5) is 17.8. The van der Waals surface area contributed by atoms with E-state index in [0.717, 1.165) is 23.0 Å². The number of nitriles is 1. The standard InChI is InChI=1S/C28H34FN7O/c1-17(2)20-5-6-23(36-15-19(7-10-30)18(36)3)22-14-32-26(13-21(20)22)33-25-8-11-31-27(34-25)35-12-9-24(37)28(4,29)16-35/h5-6,8,11,13-14,17-19,24,37H,7,9,12,15-16H2,1-4H3,(H,31,32,33,34)/t18-,19+,24-,28+/m1/s1. The van der Waals surface area contributed by atoms with Crippen molar-refractivity contribution in [3.05, 3.63) is 42.2 Å². The van der Waals surface area contributed by atoms with Crippen molar-refractivity contribution < 1.29 is 9.50 Å². The van der Waals surface area contributed by atoms with Gasteiger partial charge >= 0.3 is 0 Å². The number of nitrogens with zero attached hydrogens (tertiary/aromatic N) is 6. The van der Waals surface area contributed by atoms with Crippen LogP contribution in [0.1, 0.15) is 52.0 Å². The number of aliphatic hydroxyl groups excluding tert-OH is 1. The van der Waals surface area contributed by atoms with Gasteiger partial charge in [-0.25, -0.2) is 14.4 Å².